The lowest BCUT2D eigenvalue weighted by Gasteiger charge is -2.02. The van der Waals surface area contributed by atoms with Crippen molar-refractivity contribution >= 4 is 11.2 Å². The van der Waals surface area contributed by atoms with Gasteiger partial charge in [0.25, 0.3) is 5.56 Å². The van der Waals surface area contributed by atoms with Gasteiger partial charge >= 0.3 is 5.69 Å². The summed E-state index contributed by atoms with van der Waals surface area (Å²) in [5, 5.41) is 0. The summed E-state index contributed by atoms with van der Waals surface area (Å²) in [7, 11) is 2.95. The van der Waals surface area contributed by atoms with Crippen LogP contribution in [0.2, 0.25) is 0 Å². The molecule has 0 aliphatic carbocycles. The van der Waals surface area contributed by atoms with Crippen LogP contribution in [0.5, 0.6) is 0 Å². The fourth-order valence-electron chi connectivity index (χ4n) is 1.63. The highest BCUT2D eigenvalue weighted by Gasteiger charge is 2.15. The highest BCUT2D eigenvalue weighted by Crippen LogP contribution is 2.08. The number of aromatic nitrogens is 4. The first-order chi connectivity index (χ1) is 7.97. The van der Waals surface area contributed by atoms with Crippen molar-refractivity contribution < 1.29 is 0 Å². The van der Waals surface area contributed by atoms with Gasteiger partial charge in [-0.15, -0.1) is 0 Å². The first-order valence-corrected chi connectivity index (χ1v) is 5.08. The predicted molar refractivity (Wildman–Crippen MR) is 62.6 cm³/mol. The molecule has 0 aliphatic heterocycles. The average Bonchev–Trinajstić information content (AvgIpc) is 2.77. The third kappa shape index (κ3) is 1.58. The molecule has 17 heavy (non-hydrogen) atoms. The molecule has 2 aromatic heterocycles. The Kier molecular flexibility index (Phi) is 2.60. The van der Waals surface area contributed by atoms with Gasteiger partial charge in [0.2, 0.25) is 0 Å². The van der Waals surface area contributed by atoms with Gasteiger partial charge in [-0.3, -0.25) is 13.9 Å². The molecule has 2 aromatic rings. The van der Waals surface area contributed by atoms with Crippen LogP contribution < -0.4 is 22.7 Å². The maximum absolute atomic E-state index is 11.8. The lowest BCUT2D eigenvalue weighted by molar-refractivity contribution is 0.691. The number of fused-ring (bicyclic) bond motifs is 1. The SMILES string of the molecule is Cn1c(=O)c2[nH]c(C(N)CN)nc2n(C)c1=O. The lowest BCUT2D eigenvalue weighted by atomic mass is 10.3. The van der Waals surface area contributed by atoms with Gasteiger partial charge in [0.05, 0.1) is 6.04 Å². The van der Waals surface area contributed by atoms with Gasteiger partial charge in [0.1, 0.15) is 11.3 Å². The predicted octanol–water partition coefficient (Wildman–Crippen LogP) is -2.08. The number of aromatic amines is 1. The zero-order valence-corrected chi connectivity index (χ0v) is 9.60. The second kappa shape index (κ2) is 3.82. The third-order valence-electron chi connectivity index (χ3n) is 2.72. The Morgan fingerprint density at radius 2 is 2.00 bits per heavy atom. The van der Waals surface area contributed by atoms with Crippen molar-refractivity contribution in [2.75, 3.05) is 6.54 Å². The molecule has 0 radical (unpaired) electrons. The van der Waals surface area contributed by atoms with E-state index >= 15 is 0 Å². The Morgan fingerprint density at radius 1 is 1.35 bits per heavy atom. The fraction of sp³-hybridized carbons (Fsp3) is 0.444. The molecule has 0 amide bonds. The summed E-state index contributed by atoms with van der Waals surface area (Å²) in [5.41, 5.74) is 10.8. The van der Waals surface area contributed by atoms with Crippen LogP contribution >= 0.6 is 0 Å². The molecule has 2 rings (SSSR count). The number of nitrogens with zero attached hydrogens (tertiary/aromatic N) is 3. The Bertz CT molecular complexity index is 679. The van der Waals surface area contributed by atoms with Crippen LogP contribution in [0.25, 0.3) is 11.2 Å². The third-order valence-corrected chi connectivity index (χ3v) is 2.72. The van der Waals surface area contributed by atoms with Crippen molar-refractivity contribution in [2.24, 2.45) is 25.6 Å². The maximum atomic E-state index is 11.8. The quantitative estimate of drug-likeness (QED) is 0.553. The highest BCUT2D eigenvalue weighted by molar-refractivity contribution is 5.69. The molecule has 2 heterocycles. The van der Waals surface area contributed by atoms with Gasteiger partial charge in [0.15, 0.2) is 5.65 Å². The second-order valence-electron chi connectivity index (χ2n) is 3.87. The summed E-state index contributed by atoms with van der Waals surface area (Å²) in [6, 6.07) is -0.484. The minimum Gasteiger partial charge on any atom is -0.335 e. The first kappa shape index (κ1) is 11.6. The molecule has 0 saturated heterocycles. The molecule has 0 aromatic carbocycles. The molecule has 1 unspecified atom stereocenters. The Balaban J connectivity index is 2.86. The van der Waals surface area contributed by atoms with E-state index in [4.69, 9.17) is 11.5 Å². The minimum atomic E-state index is -0.484. The summed E-state index contributed by atoms with van der Waals surface area (Å²) < 4.78 is 2.30. The van der Waals surface area contributed by atoms with E-state index in [1.165, 1.54) is 11.6 Å². The standard InChI is InChI=1S/C9H14N6O2/c1-14-7-5(8(16)15(2)9(14)17)12-6(13-7)4(11)3-10/h4H,3,10-11H2,1-2H3,(H,12,13). The van der Waals surface area contributed by atoms with Crippen LogP contribution in [0.3, 0.4) is 0 Å². The normalized spacial score (nSPS) is 13.2. The molecule has 8 heteroatoms. The number of H-pyrrole nitrogens is 1. The number of hydrogen-bond acceptors (Lipinski definition) is 5. The molecular weight excluding hydrogens is 224 g/mol. The summed E-state index contributed by atoms with van der Waals surface area (Å²) in [6.45, 7) is 0.202. The van der Waals surface area contributed by atoms with Crippen LogP contribution in [0.1, 0.15) is 11.9 Å². The zero-order chi connectivity index (χ0) is 12.7. The summed E-state index contributed by atoms with van der Waals surface area (Å²) in [6.07, 6.45) is 0. The van der Waals surface area contributed by atoms with E-state index in [9.17, 15) is 9.59 Å². The molecule has 0 bridgehead atoms. The van der Waals surface area contributed by atoms with Crippen LogP contribution in [-0.2, 0) is 14.1 Å². The number of hydrogen-bond donors (Lipinski definition) is 3. The molecule has 0 spiro atoms. The average molecular weight is 238 g/mol. The van der Waals surface area contributed by atoms with Gasteiger partial charge in [-0.2, -0.15) is 0 Å². The van der Waals surface area contributed by atoms with Crippen molar-refractivity contribution in [3.63, 3.8) is 0 Å². The maximum Gasteiger partial charge on any atom is 0.332 e. The highest BCUT2D eigenvalue weighted by atomic mass is 16.2. The fourth-order valence-corrected chi connectivity index (χ4v) is 1.63. The number of nitrogens with two attached hydrogens (primary N) is 2. The molecule has 5 N–H and O–H groups in total. The lowest BCUT2D eigenvalue weighted by Crippen LogP contribution is -2.36. The van der Waals surface area contributed by atoms with Crippen LogP contribution in [0, 0.1) is 0 Å². The second-order valence-corrected chi connectivity index (χ2v) is 3.87. The molecule has 0 saturated carbocycles. The summed E-state index contributed by atoms with van der Waals surface area (Å²) in [4.78, 5) is 30.4. The number of rotatable bonds is 2. The molecule has 8 nitrogen and oxygen atoms in total. The largest absolute Gasteiger partial charge is 0.335 e. The number of aryl methyl sites for hydroxylation is 1. The van der Waals surface area contributed by atoms with Crippen LogP contribution in [-0.4, -0.2) is 25.6 Å². The van der Waals surface area contributed by atoms with E-state index in [0.29, 0.717) is 5.82 Å². The number of imidazole rings is 1. The summed E-state index contributed by atoms with van der Waals surface area (Å²) in [5.74, 6) is 0.404. The number of nitrogens with one attached hydrogen (secondary N) is 1. The van der Waals surface area contributed by atoms with Gasteiger partial charge in [-0.1, -0.05) is 0 Å². The Hall–Kier alpha value is -1.93. The zero-order valence-electron chi connectivity index (χ0n) is 9.60. The van der Waals surface area contributed by atoms with E-state index in [-0.39, 0.29) is 17.7 Å². The van der Waals surface area contributed by atoms with Crippen LogP contribution in [0.15, 0.2) is 9.59 Å². The van der Waals surface area contributed by atoms with Crippen molar-refractivity contribution in [2.45, 2.75) is 6.04 Å². The summed E-state index contributed by atoms with van der Waals surface area (Å²) >= 11 is 0. The van der Waals surface area contributed by atoms with Crippen molar-refractivity contribution in [1.82, 2.24) is 19.1 Å². The monoisotopic (exact) mass is 238 g/mol. The van der Waals surface area contributed by atoms with Gasteiger partial charge < -0.3 is 16.5 Å². The Labute approximate surface area is 95.9 Å². The van der Waals surface area contributed by atoms with Gasteiger partial charge in [-0.25, -0.2) is 9.78 Å². The Morgan fingerprint density at radius 3 is 2.59 bits per heavy atom. The molecule has 92 valence electrons. The van der Waals surface area contributed by atoms with E-state index in [1.54, 1.807) is 7.05 Å². The molecule has 1 atom stereocenters. The smallest absolute Gasteiger partial charge is 0.332 e. The minimum absolute atomic E-state index is 0.202. The van der Waals surface area contributed by atoms with Crippen molar-refractivity contribution in [3.05, 3.63) is 26.7 Å². The topological polar surface area (TPSA) is 125 Å². The molecule has 0 fully saturated rings. The van der Waals surface area contributed by atoms with Crippen molar-refractivity contribution in [1.29, 1.82) is 0 Å². The molecule has 0 aliphatic rings. The van der Waals surface area contributed by atoms with Crippen molar-refractivity contribution in [3.8, 4) is 0 Å². The first-order valence-electron chi connectivity index (χ1n) is 5.08. The van der Waals surface area contributed by atoms with Crippen LogP contribution in [0.4, 0.5) is 0 Å². The van der Waals surface area contributed by atoms with E-state index in [2.05, 4.69) is 9.97 Å². The van der Waals surface area contributed by atoms with Gasteiger partial charge in [-0.05, 0) is 0 Å². The van der Waals surface area contributed by atoms with E-state index < -0.39 is 17.3 Å². The van der Waals surface area contributed by atoms with E-state index in [1.807, 2.05) is 0 Å². The molecular formula is C9H14N6O2. The van der Waals surface area contributed by atoms with E-state index in [0.717, 1.165) is 4.57 Å². The van der Waals surface area contributed by atoms with Gasteiger partial charge in [0, 0.05) is 20.6 Å².